The molecule has 2 amide bonds. The summed E-state index contributed by atoms with van der Waals surface area (Å²) in [5.41, 5.74) is 2.02. The number of anilines is 1. The molecule has 154 valence electrons. The van der Waals surface area contributed by atoms with E-state index in [0.717, 1.165) is 5.75 Å². The lowest BCUT2D eigenvalue weighted by atomic mass is 9.87. The van der Waals surface area contributed by atoms with Crippen LogP contribution in [-0.4, -0.2) is 37.6 Å². The first-order valence-electron chi connectivity index (χ1n) is 9.80. The first kappa shape index (κ1) is 20.7. The van der Waals surface area contributed by atoms with Crippen LogP contribution in [0.1, 0.15) is 33.3 Å². The number of amides is 2. The van der Waals surface area contributed by atoms with Crippen molar-refractivity contribution < 1.29 is 19.1 Å². The Hall–Kier alpha value is -3.02. The van der Waals surface area contributed by atoms with Crippen molar-refractivity contribution >= 4 is 17.5 Å². The standard InChI is InChI=1S/C23H28N2O4/c1-16(26)25-15-21(29-20-8-6-5-7-19(20)25)22(27)24-13-14-28-18-11-9-17(10-12-18)23(2,3)4/h5-12,21H,13-15H2,1-4H3,(H,24,27)/t21-/m0/s1. The average Bonchev–Trinajstić information content (AvgIpc) is 2.69. The maximum Gasteiger partial charge on any atom is 0.263 e. The van der Waals surface area contributed by atoms with Crippen molar-refractivity contribution in [2.45, 2.75) is 39.2 Å². The third kappa shape index (κ3) is 5.08. The van der Waals surface area contributed by atoms with Gasteiger partial charge in [-0.25, -0.2) is 0 Å². The molecule has 29 heavy (non-hydrogen) atoms. The van der Waals surface area contributed by atoms with Gasteiger partial charge in [0.1, 0.15) is 18.1 Å². The molecule has 0 radical (unpaired) electrons. The molecule has 1 heterocycles. The Balaban J connectivity index is 1.50. The minimum atomic E-state index is -0.750. The highest BCUT2D eigenvalue weighted by Crippen LogP contribution is 2.33. The Morgan fingerprint density at radius 1 is 1.14 bits per heavy atom. The van der Waals surface area contributed by atoms with Gasteiger partial charge in [0.15, 0.2) is 6.10 Å². The number of ether oxygens (including phenoxy) is 2. The second-order valence-corrected chi connectivity index (χ2v) is 8.12. The van der Waals surface area contributed by atoms with E-state index in [1.165, 1.54) is 12.5 Å². The molecule has 0 unspecified atom stereocenters. The summed E-state index contributed by atoms with van der Waals surface area (Å²) in [5, 5.41) is 2.82. The molecule has 2 aromatic rings. The van der Waals surface area contributed by atoms with Crippen LogP contribution >= 0.6 is 0 Å². The van der Waals surface area contributed by atoms with Gasteiger partial charge >= 0.3 is 0 Å². The Bertz CT molecular complexity index is 871. The lowest BCUT2D eigenvalue weighted by Crippen LogP contribution is -2.50. The Labute approximate surface area is 171 Å². The fraction of sp³-hybridized carbons (Fsp3) is 0.391. The lowest BCUT2D eigenvalue weighted by molar-refractivity contribution is -0.128. The van der Waals surface area contributed by atoms with E-state index >= 15 is 0 Å². The smallest absolute Gasteiger partial charge is 0.263 e. The van der Waals surface area contributed by atoms with E-state index < -0.39 is 6.10 Å². The topological polar surface area (TPSA) is 67.9 Å². The molecular weight excluding hydrogens is 368 g/mol. The van der Waals surface area contributed by atoms with Crippen molar-refractivity contribution in [3.8, 4) is 11.5 Å². The van der Waals surface area contributed by atoms with Crippen LogP contribution in [0, 0.1) is 0 Å². The first-order chi connectivity index (χ1) is 13.8. The van der Waals surface area contributed by atoms with Gasteiger partial charge in [0, 0.05) is 6.92 Å². The number of hydrogen-bond donors (Lipinski definition) is 1. The SMILES string of the molecule is CC(=O)N1C[C@@H](C(=O)NCCOc2ccc(C(C)(C)C)cc2)Oc2ccccc21. The highest BCUT2D eigenvalue weighted by molar-refractivity contribution is 5.95. The van der Waals surface area contributed by atoms with Crippen molar-refractivity contribution in [3.05, 3.63) is 54.1 Å². The molecule has 2 aromatic carbocycles. The third-order valence-electron chi connectivity index (χ3n) is 4.84. The van der Waals surface area contributed by atoms with E-state index in [1.54, 1.807) is 11.0 Å². The zero-order valence-electron chi connectivity index (χ0n) is 17.4. The fourth-order valence-electron chi connectivity index (χ4n) is 3.18. The Morgan fingerprint density at radius 3 is 2.48 bits per heavy atom. The van der Waals surface area contributed by atoms with E-state index in [2.05, 4.69) is 38.2 Å². The van der Waals surface area contributed by atoms with Crippen LogP contribution in [0.3, 0.4) is 0 Å². The number of rotatable bonds is 5. The zero-order valence-corrected chi connectivity index (χ0v) is 17.4. The molecule has 0 saturated carbocycles. The molecule has 0 bridgehead atoms. The predicted octanol–water partition coefficient (Wildman–Crippen LogP) is 3.29. The Kier molecular flexibility index (Phi) is 6.11. The quantitative estimate of drug-likeness (QED) is 0.788. The number of carbonyl (C=O) groups excluding carboxylic acids is 2. The second kappa shape index (κ2) is 8.55. The molecule has 1 N–H and O–H groups in total. The number of benzene rings is 2. The van der Waals surface area contributed by atoms with Crippen LogP contribution in [0.15, 0.2) is 48.5 Å². The number of nitrogens with zero attached hydrogens (tertiary/aromatic N) is 1. The van der Waals surface area contributed by atoms with Crippen LogP contribution < -0.4 is 19.7 Å². The van der Waals surface area contributed by atoms with Gasteiger partial charge in [-0.05, 0) is 35.2 Å². The Morgan fingerprint density at radius 2 is 1.83 bits per heavy atom. The summed E-state index contributed by atoms with van der Waals surface area (Å²) in [5.74, 6) is 0.903. The molecule has 1 atom stereocenters. The molecule has 0 aromatic heterocycles. The van der Waals surface area contributed by atoms with Gasteiger partial charge in [0.25, 0.3) is 5.91 Å². The molecule has 0 saturated heterocycles. The summed E-state index contributed by atoms with van der Waals surface area (Å²) in [6, 6.07) is 15.2. The number of para-hydroxylation sites is 2. The normalized spacial score (nSPS) is 15.9. The molecule has 3 rings (SSSR count). The molecule has 0 spiro atoms. The van der Waals surface area contributed by atoms with E-state index in [0.29, 0.717) is 24.6 Å². The summed E-state index contributed by atoms with van der Waals surface area (Å²) in [4.78, 5) is 26.0. The maximum atomic E-state index is 12.5. The summed E-state index contributed by atoms with van der Waals surface area (Å²) in [6.07, 6.45) is -0.750. The van der Waals surface area contributed by atoms with Crippen LogP contribution in [0.25, 0.3) is 0 Å². The van der Waals surface area contributed by atoms with Gasteiger partial charge in [-0.2, -0.15) is 0 Å². The summed E-state index contributed by atoms with van der Waals surface area (Å²) in [7, 11) is 0. The third-order valence-corrected chi connectivity index (χ3v) is 4.84. The van der Waals surface area contributed by atoms with Crippen molar-refractivity contribution in [2.24, 2.45) is 0 Å². The van der Waals surface area contributed by atoms with Crippen molar-refractivity contribution in [1.29, 1.82) is 0 Å². The average molecular weight is 396 g/mol. The highest BCUT2D eigenvalue weighted by atomic mass is 16.5. The van der Waals surface area contributed by atoms with Crippen LogP contribution in [0.4, 0.5) is 5.69 Å². The molecule has 6 heteroatoms. The monoisotopic (exact) mass is 396 g/mol. The van der Waals surface area contributed by atoms with Gasteiger partial charge in [-0.15, -0.1) is 0 Å². The van der Waals surface area contributed by atoms with Gasteiger partial charge < -0.3 is 19.7 Å². The number of fused-ring (bicyclic) bond motifs is 1. The zero-order chi connectivity index (χ0) is 21.0. The number of nitrogens with one attached hydrogen (secondary N) is 1. The molecular formula is C23H28N2O4. The van der Waals surface area contributed by atoms with E-state index in [4.69, 9.17) is 9.47 Å². The van der Waals surface area contributed by atoms with Crippen molar-refractivity contribution in [2.75, 3.05) is 24.6 Å². The van der Waals surface area contributed by atoms with Crippen molar-refractivity contribution in [1.82, 2.24) is 5.32 Å². The molecule has 0 fully saturated rings. The number of carbonyl (C=O) groups is 2. The fourth-order valence-corrected chi connectivity index (χ4v) is 3.18. The molecule has 0 aliphatic carbocycles. The van der Waals surface area contributed by atoms with Crippen LogP contribution in [0.5, 0.6) is 11.5 Å². The lowest BCUT2D eigenvalue weighted by Gasteiger charge is -2.33. The van der Waals surface area contributed by atoms with Crippen LogP contribution in [0.2, 0.25) is 0 Å². The molecule has 6 nitrogen and oxygen atoms in total. The molecule has 1 aliphatic heterocycles. The van der Waals surface area contributed by atoms with Gasteiger partial charge in [0.05, 0.1) is 18.8 Å². The minimum absolute atomic E-state index is 0.0961. The van der Waals surface area contributed by atoms with Gasteiger partial charge in [-0.1, -0.05) is 45.0 Å². The predicted molar refractivity (Wildman–Crippen MR) is 113 cm³/mol. The maximum absolute atomic E-state index is 12.5. The van der Waals surface area contributed by atoms with Crippen molar-refractivity contribution in [3.63, 3.8) is 0 Å². The largest absolute Gasteiger partial charge is 0.492 e. The van der Waals surface area contributed by atoms with E-state index in [-0.39, 0.29) is 23.8 Å². The van der Waals surface area contributed by atoms with E-state index in [1.807, 2.05) is 30.3 Å². The highest BCUT2D eigenvalue weighted by Gasteiger charge is 2.32. The summed E-state index contributed by atoms with van der Waals surface area (Å²) in [6.45, 7) is 8.86. The van der Waals surface area contributed by atoms with Gasteiger partial charge in [0.2, 0.25) is 5.91 Å². The van der Waals surface area contributed by atoms with Crippen LogP contribution in [-0.2, 0) is 15.0 Å². The first-order valence-corrected chi connectivity index (χ1v) is 9.80. The second-order valence-electron chi connectivity index (χ2n) is 8.12. The summed E-state index contributed by atoms with van der Waals surface area (Å²) >= 11 is 0. The minimum Gasteiger partial charge on any atom is -0.492 e. The van der Waals surface area contributed by atoms with E-state index in [9.17, 15) is 9.59 Å². The molecule has 1 aliphatic rings. The number of hydrogen-bond acceptors (Lipinski definition) is 4. The summed E-state index contributed by atoms with van der Waals surface area (Å²) < 4.78 is 11.5. The van der Waals surface area contributed by atoms with Gasteiger partial charge in [-0.3, -0.25) is 9.59 Å².